The van der Waals surface area contributed by atoms with Crippen LogP contribution in [0.25, 0.3) is 0 Å². The zero-order valence-corrected chi connectivity index (χ0v) is 23.1. The van der Waals surface area contributed by atoms with Gasteiger partial charge in [-0.15, -0.1) is 0 Å². The third-order valence-electron chi connectivity index (χ3n) is 3.84. The zero-order valence-electron chi connectivity index (χ0n) is 17.7. The van der Waals surface area contributed by atoms with E-state index in [-0.39, 0.29) is 0 Å². The molecule has 0 saturated carbocycles. The number of unbranched alkanes of at least 4 members (excludes halogenated alkanes) is 3. The molecular weight excluding hydrogens is 494 g/mol. The van der Waals surface area contributed by atoms with Crippen LogP contribution in [0.3, 0.4) is 0 Å². The molecule has 0 saturated heterocycles. The molecule has 0 atom stereocenters. The molecule has 0 heterocycles. The average molecular weight is 535 g/mol. The van der Waals surface area contributed by atoms with Gasteiger partial charge in [-0.25, -0.2) is 0 Å². The predicted molar refractivity (Wildman–Crippen MR) is 123 cm³/mol. The fourth-order valence-electron chi connectivity index (χ4n) is 2.65. The van der Waals surface area contributed by atoms with E-state index >= 15 is 0 Å². The van der Waals surface area contributed by atoms with Gasteiger partial charge in [0.2, 0.25) is 0 Å². The van der Waals surface area contributed by atoms with Crippen molar-refractivity contribution in [1.29, 1.82) is 0 Å². The molecule has 158 valence electrons. The zero-order chi connectivity index (χ0) is 20.5. The molecule has 8 heteroatoms. The Morgan fingerprint density at radius 3 is 1.46 bits per heavy atom. The summed E-state index contributed by atoms with van der Waals surface area (Å²) in [6, 6.07) is 0. The molecule has 0 rings (SSSR count). The van der Waals surface area contributed by atoms with E-state index in [9.17, 15) is 0 Å². The molecule has 0 aliphatic carbocycles. The molecule has 0 aromatic carbocycles. The van der Waals surface area contributed by atoms with Crippen LogP contribution >= 0.6 is 14.3 Å². The molecule has 1 N–H and O–H groups in total. The van der Waals surface area contributed by atoms with Crippen molar-refractivity contribution in [3.63, 3.8) is 0 Å². The van der Waals surface area contributed by atoms with E-state index in [1.807, 2.05) is 13.8 Å². The van der Waals surface area contributed by atoms with Crippen molar-refractivity contribution >= 4 is 49.0 Å². The van der Waals surface area contributed by atoms with E-state index in [1.54, 1.807) is 0 Å². The fraction of sp³-hybridized carbons (Fsp3) is 0.944. The summed E-state index contributed by atoms with van der Waals surface area (Å²) in [4.78, 5) is 9.00. The normalized spacial score (nSPS) is 11.8. The number of carbonyl (C=O) groups is 1. The summed E-state index contributed by atoms with van der Waals surface area (Å²) < 4.78 is 16.3. The van der Waals surface area contributed by atoms with E-state index < -0.39 is 28.7 Å². The number of carboxylic acids is 1. The summed E-state index contributed by atoms with van der Waals surface area (Å²) in [5.74, 6) is -0.833. The Hall–Kier alpha value is 1.19. The third-order valence-corrected chi connectivity index (χ3v) is 43.8. The van der Waals surface area contributed by atoms with Crippen LogP contribution in [-0.4, -0.2) is 41.3 Å². The first-order valence-corrected chi connectivity index (χ1v) is 23.6. The molecule has 0 aromatic heterocycles. The van der Waals surface area contributed by atoms with Gasteiger partial charge in [-0.1, -0.05) is 0 Å². The van der Waals surface area contributed by atoms with E-state index in [0.717, 1.165) is 6.92 Å². The van der Waals surface area contributed by atoms with Crippen LogP contribution in [0.15, 0.2) is 0 Å². The van der Waals surface area contributed by atoms with Crippen LogP contribution in [0, 0.1) is 0 Å². The Kier molecular flexibility index (Phi) is 20.6. The molecule has 0 unspecified atom stereocenters. The maximum absolute atomic E-state index is 9.00. The fourth-order valence-corrected chi connectivity index (χ4v) is 53.1. The summed E-state index contributed by atoms with van der Waals surface area (Å²) >= 11 is 3.55. The van der Waals surface area contributed by atoms with Gasteiger partial charge < -0.3 is 5.11 Å². The van der Waals surface area contributed by atoms with Crippen molar-refractivity contribution in [2.75, 3.05) is 13.2 Å². The van der Waals surface area contributed by atoms with Gasteiger partial charge >= 0.3 is 152 Å². The van der Waals surface area contributed by atoms with Crippen LogP contribution < -0.4 is 0 Å². The molecule has 4 nitrogen and oxygen atoms in total. The van der Waals surface area contributed by atoms with E-state index in [4.69, 9.17) is 30.8 Å². The van der Waals surface area contributed by atoms with E-state index in [1.165, 1.54) is 51.8 Å². The summed E-state index contributed by atoms with van der Waals surface area (Å²) in [7, 11) is 2.10. The molecule has 0 aromatic rings. The standard InChI is InChI=1S/C4H11O2PS2.3C4H9.C2H4O2.Sn/c1-3-5-7(8,9)6-4-2;3*1-3-4-2;1-2(3)4;/h3-4H2,1-2H3,(H,8,9);3*1,3-4H2,2H3;1H3,(H,3,4);/q;;;;;+1/p-1. The average Bonchev–Trinajstić information content (AvgIpc) is 2.56. The van der Waals surface area contributed by atoms with Crippen LogP contribution in [0.5, 0.6) is 0 Å². The Bertz CT molecular complexity index is 362. The third kappa shape index (κ3) is 16.2. The topological polar surface area (TPSA) is 55.8 Å². The predicted octanol–water partition coefficient (Wildman–Crippen LogP) is 7.45. The SMILES string of the molecule is CC(=O)O.CCC[CH2][Sn]([CH2]CCC)([CH2]CCC)[S]P(=S)(OCC)OCC. The van der Waals surface area contributed by atoms with Gasteiger partial charge in [0.1, 0.15) is 0 Å². The molecular formula is C18H41O4PS2Sn. The van der Waals surface area contributed by atoms with Crippen LogP contribution in [-0.2, 0) is 25.6 Å². The van der Waals surface area contributed by atoms with Crippen molar-refractivity contribution in [2.24, 2.45) is 0 Å². The number of carboxylic acid groups (broad SMARTS) is 1. The number of rotatable bonds is 15. The number of aliphatic carboxylic acids is 1. The summed E-state index contributed by atoms with van der Waals surface area (Å²) in [5.41, 5.74) is -2.12. The second-order valence-corrected chi connectivity index (χ2v) is 33.6. The molecule has 0 amide bonds. The van der Waals surface area contributed by atoms with Crippen LogP contribution in [0.4, 0.5) is 0 Å². The minimum atomic E-state index is -2.33. The first-order valence-electron chi connectivity index (χ1n) is 10.0. The van der Waals surface area contributed by atoms with Crippen molar-refractivity contribution in [1.82, 2.24) is 0 Å². The summed E-state index contributed by atoms with van der Waals surface area (Å²) in [5, 5.41) is 7.42. The maximum atomic E-state index is 9.00. The molecule has 0 aliphatic heterocycles. The van der Waals surface area contributed by atoms with Crippen molar-refractivity contribution in [3.05, 3.63) is 0 Å². The van der Waals surface area contributed by atoms with Crippen molar-refractivity contribution in [2.45, 2.75) is 93.4 Å². The Balaban J connectivity index is 0. The van der Waals surface area contributed by atoms with Gasteiger partial charge in [-0.05, 0) is 0 Å². The summed E-state index contributed by atoms with van der Waals surface area (Å²) in [6.45, 7) is 13.5. The van der Waals surface area contributed by atoms with Crippen LogP contribution in [0.1, 0.15) is 80.1 Å². The van der Waals surface area contributed by atoms with E-state index in [0.29, 0.717) is 13.2 Å². The Morgan fingerprint density at radius 2 is 1.23 bits per heavy atom. The van der Waals surface area contributed by atoms with Gasteiger partial charge in [-0.2, -0.15) is 0 Å². The van der Waals surface area contributed by atoms with Gasteiger partial charge in [0.25, 0.3) is 5.97 Å². The van der Waals surface area contributed by atoms with Crippen LogP contribution in [0.2, 0.25) is 13.3 Å². The second-order valence-electron chi connectivity index (χ2n) is 6.39. The van der Waals surface area contributed by atoms with Gasteiger partial charge in [0, 0.05) is 6.92 Å². The monoisotopic (exact) mass is 536 g/mol. The first kappa shape index (κ1) is 29.4. The van der Waals surface area contributed by atoms with Gasteiger partial charge in [0.15, 0.2) is 0 Å². The molecule has 0 radical (unpaired) electrons. The van der Waals surface area contributed by atoms with Crippen molar-refractivity contribution in [3.8, 4) is 0 Å². The molecule has 0 aliphatic rings. The first-order chi connectivity index (χ1) is 12.2. The number of hydrogen-bond acceptors (Lipinski definition) is 5. The quantitative estimate of drug-likeness (QED) is 0.174. The van der Waals surface area contributed by atoms with E-state index in [2.05, 4.69) is 29.3 Å². The minimum absolute atomic E-state index is 0.682. The second kappa shape index (κ2) is 18.2. The molecule has 0 spiro atoms. The summed E-state index contributed by atoms with van der Waals surface area (Å²) in [6.07, 6.45) is 7.98. The molecule has 0 bridgehead atoms. The molecule has 26 heavy (non-hydrogen) atoms. The Labute approximate surface area is 173 Å². The number of hydrogen-bond donors (Lipinski definition) is 1. The Morgan fingerprint density at radius 1 is 0.923 bits per heavy atom. The molecule has 0 fully saturated rings. The van der Waals surface area contributed by atoms with Gasteiger partial charge in [0.05, 0.1) is 0 Å². The van der Waals surface area contributed by atoms with Gasteiger partial charge in [-0.3, -0.25) is 4.79 Å². The van der Waals surface area contributed by atoms with Crippen molar-refractivity contribution < 1.29 is 18.9 Å².